The van der Waals surface area contributed by atoms with Gasteiger partial charge in [0.1, 0.15) is 6.17 Å². The van der Waals surface area contributed by atoms with E-state index in [0.717, 1.165) is 0 Å². The SMILES string of the molecule is COC1=NC(N)C=NN1. The Kier molecular flexibility index (Phi) is 1.64. The highest BCUT2D eigenvalue weighted by atomic mass is 16.5. The third kappa shape index (κ3) is 1.39. The van der Waals surface area contributed by atoms with E-state index < -0.39 is 0 Å². The van der Waals surface area contributed by atoms with Gasteiger partial charge in [0.25, 0.3) is 0 Å². The van der Waals surface area contributed by atoms with Gasteiger partial charge in [0.05, 0.1) is 13.3 Å². The maximum atomic E-state index is 5.34. The first-order chi connectivity index (χ1) is 4.33. The minimum absolute atomic E-state index is 0.352. The molecule has 1 heterocycles. The van der Waals surface area contributed by atoms with E-state index >= 15 is 0 Å². The van der Waals surface area contributed by atoms with Gasteiger partial charge in [-0.25, -0.2) is 10.4 Å². The Morgan fingerprint density at radius 2 is 2.67 bits per heavy atom. The number of hydrogen-bond acceptors (Lipinski definition) is 5. The first-order valence-corrected chi connectivity index (χ1v) is 2.49. The Balaban J connectivity index is 2.55. The minimum Gasteiger partial charge on any atom is -0.467 e. The molecule has 1 rings (SSSR count). The predicted molar refractivity (Wildman–Crippen MR) is 34.0 cm³/mol. The Bertz CT molecular complexity index is 153. The normalized spacial score (nSPS) is 24.7. The average molecular weight is 128 g/mol. The number of hydrazone groups is 1. The van der Waals surface area contributed by atoms with Crippen LogP contribution in [0.3, 0.4) is 0 Å². The number of nitrogens with zero attached hydrogens (tertiary/aromatic N) is 2. The molecule has 0 saturated heterocycles. The summed E-state index contributed by atoms with van der Waals surface area (Å²) in [5.41, 5.74) is 7.86. The summed E-state index contributed by atoms with van der Waals surface area (Å²) in [6.07, 6.45) is 1.11. The van der Waals surface area contributed by atoms with Crippen molar-refractivity contribution in [2.45, 2.75) is 6.17 Å². The fraction of sp³-hybridized carbons (Fsp3) is 0.500. The van der Waals surface area contributed by atoms with Crippen LogP contribution in [0.2, 0.25) is 0 Å². The van der Waals surface area contributed by atoms with E-state index in [4.69, 9.17) is 10.5 Å². The van der Waals surface area contributed by atoms with Crippen molar-refractivity contribution in [1.82, 2.24) is 5.43 Å². The second-order valence-electron chi connectivity index (χ2n) is 1.52. The molecular formula is C4H8N4O. The van der Waals surface area contributed by atoms with Crippen LogP contribution in [-0.4, -0.2) is 25.5 Å². The number of methoxy groups -OCH3 is 1. The summed E-state index contributed by atoms with van der Waals surface area (Å²) in [6, 6.07) is 0.352. The summed E-state index contributed by atoms with van der Waals surface area (Å²) < 4.78 is 4.71. The summed E-state index contributed by atoms with van der Waals surface area (Å²) in [5.74, 6) is 0. The van der Waals surface area contributed by atoms with Crippen LogP contribution in [0.4, 0.5) is 0 Å². The van der Waals surface area contributed by atoms with E-state index in [0.29, 0.717) is 6.02 Å². The van der Waals surface area contributed by atoms with Gasteiger partial charge in [0, 0.05) is 0 Å². The van der Waals surface area contributed by atoms with Crippen molar-refractivity contribution in [3.8, 4) is 0 Å². The summed E-state index contributed by atoms with van der Waals surface area (Å²) >= 11 is 0. The molecule has 5 nitrogen and oxygen atoms in total. The average Bonchev–Trinajstić information content (AvgIpc) is 1.88. The van der Waals surface area contributed by atoms with Crippen LogP contribution in [0.5, 0.6) is 0 Å². The quantitative estimate of drug-likeness (QED) is 0.433. The van der Waals surface area contributed by atoms with E-state index in [-0.39, 0.29) is 6.17 Å². The molecule has 3 N–H and O–H groups in total. The number of aliphatic imine (C=N–C) groups is 1. The molecule has 0 bridgehead atoms. The third-order valence-corrected chi connectivity index (χ3v) is 0.847. The molecule has 0 aromatic heterocycles. The molecule has 0 aromatic carbocycles. The van der Waals surface area contributed by atoms with Gasteiger partial charge in [-0.2, -0.15) is 5.10 Å². The number of rotatable bonds is 0. The van der Waals surface area contributed by atoms with Crippen LogP contribution < -0.4 is 11.2 Å². The van der Waals surface area contributed by atoms with E-state index in [1.54, 1.807) is 0 Å². The highest BCUT2D eigenvalue weighted by Crippen LogP contribution is 1.85. The number of nitrogens with one attached hydrogen (secondary N) is 1. The van der Waals surface area contributed by atoms with Crippen molar-refractivity contribution in [2.75, 3.05) is 7.11 Å². The van der Waals surface area contributed by atoms with Crippen LogP contribution in [0.15, 0.2) is 10.1 Å². The van der Waals surface area contributed by atoms with Gasteiger partial charge in [0.2, 0.25) is 0 Å². The van der Waals surface area contributed by atoms with Crippen molar-refractivity contribution in [3.63, 3.8) is 0 Å². The zero-order valence-corrected chi connectivity index (χ0v) is 5.03. The summed E-state index contributed by atoms with van der Waals surface area (Å²) in [4.78, 5) is 3.81. The van der Waals surface area contributed by atoms with Crippen LogP contribution in [-0.2, 0) is 4.74 Å². The fourth-order valence-electron chi connectivity index (χ4n) is 0.465. The summed E-state index contributed by atoms with van der Waals surface area (Å²) in [5, 5.41) is 3.65. The fourth-order valence-corrected chi connectivity index (χ4v) is 0.465. The van der Waals surface area contributed by atoms with Crippen molar-refractivity contribution >= 4 is 12.2 Å². The molecule has 0 radical (unpaired) electrons. The Morgan fingerprint density at radius 3 is 3.11 bits per heavy atom. The molecule has 0 spiro atoms. The molecule has 0 amide bonds. The van der Waals surface area contributed by atoms with Crippen molar-refractivity contribution in [3.05, 3.63) is 0 Å². The van der Waals surface area contributed by atoms with Gasteiger partial charge < -0.3 is 10.5 Å². The van der Waals surface area contributed by atoms with Crippen molar-refractivity contribution in [1.29, 1.82) is 0 Å². The van der Waals surface area contributed by atoms with E-state index in [1.165, 1.54) is 13.3 Å². The predicted octanol–water partition coefficient (Wildman–Crippen LogP) is -1.14. The van der Waals surface area contributed by atoms with Gasteiger partial charge in [-0.15, -0.1) is 0 Å². The Hall–Kier alpha value is -1.10. The number of nitrogens with two attached hydrogens (primary N) is 1. The maximum Gasteiger partial charge on any atom is 0.307 e. The summed E-state index contributed by atoms with van der Waals surface area (Å²) in [6.45, 7) is 0. The third-order valence-electron chi connectivity index (χ3n) is 0.847. The van der Waals surface area contributed by atoms with Crippen LogP contribution >= 0.6 is 0 Å². The molecule has 0 saturated carbocycles. The van der Waals surface area contributed by atoms with E-state index in [1.807, 2.05) is 0 Å². The maximum absolute atomic E-state index is 5.34. The van der Waals surface area contributed by atoms with Gasteiger partial charge in [-0.1, -0.05) is 0 Å². The van der Waals surface area contributed by atoms with Crippen molar-refractivity contribution in [2.24, 2.45) is 15.8 Å². The zero-order valence-electron chi connectivity index (χ0n) is 5.03. The summed E-state index contributed by atoms with van der Waals surface area (Å²) in [7, 11) is 1.50. The molecule has 1 aliphatic rings. The van der Waals surface area contributed by atoms with Gasteiger partial charge in [-0.3, -0.25) is 0 Å². The van der Waals surface area contributed by atoms with Crippen LogP contribution in [0, 0.1) is 0 Å². The molecular weight excluding hydrogens is 120 g/mol. The monoisotopic (exact) mass is 128 g/mol. The lowest BCUT2D eigenvalue weighted by atomic mass is 10.6. The molecule has 1 aliphatic heterocycles. The highest BCUT2D eigenvalue weighted by molar-refractivity contribution is 5.80. The second kappa shape index (κ2) is 2.45. The Labute approximate surface area is 52.6 Å². The highest BCUT2D eigenvalue weighted by Gasteiger charge is 2.03. The van der Waals surface area contributed by atoms with E-state index in [9.17, 15) is 0 Å². The zero-order chi connectivity index (χ0) is 6.69. The van der Waals surface area contributed by atoms with Crippen molar-refractivity contribution < 1.29 is 4.74 Å². The lowest BCUT2D eigenvalue weighted by Gasteiger charge is -2.09. The standard InChI is InChI=1S/C4H8N4O/c1-9-4-7-3(5)2-6-8-4/h2-3H,5H2,1H3,(H,7,8). The topological polar surface area (TPSA) is 72.0 Å². The molecule has 0 fully saturated rings. The number of ether oxygens (including phenoxy) is 1. The molecule has 50 valence electrons. The van der Waals surface area contributed by atoms with Crippen LogP contribution in [0.25, 0.3) is 0 Å². The van der Waals surface area contributed by atoms with Crippen LogP contribution in [0.1, 0.15) is 0 Å². The molecule has 1 unspecified atom stereocenters. The number of amidine groups is 1. The lowest BCUT2D eigenvalue weighted by Crippen LogP contribution is -2.32. The van der Waals surface area contributed by atoms with Gasteiger partial charge in [0.15, 0.2) is 0 Å². The molecule has 0 aliphatic carbocycles. The molecule has 9 heavy (non-hydrogen) atoms. The molecule has 1 atom stereocenters. The lowest BCUT2D eigenvalue weighted by molar-refractivity contribution is 0.376. The Morgan fingerprint density at radius 1 is 1.89 bits per heavy atom. The first-order valence-electron chi connectivity index (χ1n) is 2.49. The smallest absolute Gasteiger partial charge is 0.307 e. The largest absolute Gasteiger partial charge is 0.467 e. The molecule has 0 aromatic rings. The molecule has 5 heteroatoms. The van der Waals surface area contributed by atoms with E-state index in [2.05, 4.69) is 15.5 Å². The number of hydrogen-bond donors (Lipinski definition) is 2. The minimum atomic E-state index is -0.374. The first kappa shape index (κ1) is 6.03. The second-order valence-corrected chi connectivity index (χ2v) is 1.52. The van der Waals surface area contributed by atoms with Gasteiger partial charge in [-0.05, 0) is 0 Å². The van der Waals surface area contributed by atoms with Gasteiger partial charge >= 0.3 is 6.02 Å².